The molecule has 0 fully saturated rings. The number of hydrogen-bond donors (Lipinski definition) is 2. The zero-order chi connectivity index (χ0) is 14.5. The van der Waals surface area contributed by atoms with Crippen LogP contribution in [0.4, 0.5) is 0 Å². The Bertz CT molecular complexity index is 594. The zero-order valence-corrected chi connectivity index (χ0v) is 13.7. The molecular weight excluding hydrogens is 314 g/mol. The van der Waals surface area contributed by atoms with Gasteiger partial charge in [-0.3, -0.25) is 4.79 Å². The summed E-state index contributed by atoms with van der Waals surface area (Å²) >= 11 is 8.80. The number of nitrogens with one attached hydrogen (secondary N) is 2. The highest BCUT2D eigenvalue weighted by Crippen LogP contribution is 2.34. The summed E-state index contributed by atoms with van der Waals surface area (Å²) in [5.41, 5.74) is 0.760. The van der Waals surface area contributed by atoms with Gasteiger partial charge in [-0.25, -0.2) is 4.98 Å². The Morgan fingerprint density at radius 2 is 2.15 bits per heavy atom. The van der Waals surface area contributed by atoms with Gasteiger partial charge in [0.05, 0.1) is 14.9 Å². The molecule has 20 heavy (non-hydrogen) atoms. The van der Waals surface area contributed by atoms with Crippen LogP contribution >= 0.6 is 34.3 Å². The van der Waals surface area contributed by atoms with E-state index in [9.17, 15) is 4.79 Å². The highest BCUT2D eigenvalue weighted by atomic mass is 35.5. The van der Waals surface area contributed by atoms with E-state index in [1.54, 1.807) is 0 Å². The molecule has 0 unspecified atom stereocenters. The van der Waals surface area contributed by atoms with Crippen molar-refractivity contribution >= 4 is 40.2 Å². The van der Waals surface area contributed by atoms with Gasteiger partial charge in [0, 0.05) is 13.1 Å². The van der Waals surface area contributed by atoms with Crippen molar-refractivity contribution in [3.05, 3.63) is 27.0 Å². The Morgan fingerprint density at radius 1 is 1.35 bits per heavy atom. The predicted molar refractivity (Wildman–Crippen MR) is 86.1 cm³/mol. The maximum Gasteiger partial charge on any atom is 0.263 e. The molecular formula is C13H16ClN3OS2. The monoisotopic (exact) mass is 329 g/mol. The highest BCUT2D eigenvalue weighted by Gasteiger charge is 2.16. The molecule has 2 aromatic rings. The predicted octanol–water partition coefficient (Wildman–Crippen LogP) is 3.17. The Balaban J connectivity index is 2.05. The summed E-state index contributed by atoms with van der Waals surface area (Å²) in [6.45, 7) is 6.18. The van der Waals surface area contributed by atoms with Gasteiger partial charge in [0.25, 0.3) is 5.91 Å². The van der Waals surface area contributed by atoms with E-state index in [1.165, 1.54) is 22.7 Å². The molecule has 4 nitrogen and oxygen atoms in total. The summed E-state index contributed by atoms with van der Waals surface area (Å²) in [7, 11) is 0. The number of thiophene rings is 1. The van der Waals surface area contributed by atoms with Crippen LogP contribution in [0, 0.1) is 6.92 Å². The number of carbonyl (C=O) groups is 1. The van der Waals surface area contributed by atoms with E-state index in [4.69, 9.17) is 11.6 Å². The van der Waals surface area contributed by atoms with Crippen molar-refractivity contribution in [1.29, 1.82) is 0 Å². The van der Waals surface area contributed by atoms with Crippen molar-refractivity contribution in [2.75, 3.05) is 19.6 Å². The van der Waals surface area contributed by atoms with Crippen LogP contribution < -0.4 is 10.6 Å². The first kappa shape index (κ1) is 15.4. The third-order valence-corrected chi connectivity index (χ3v) is 5.18. The molecule has 0 saturated carbocycles. The molecule has 7 heteroatoms. The van der Waals surface area contributed by atoms with Gasteiger partial charge in [0.15, 0.2) is 0 Å². The second-order valence-electron chi connectivity index (χ2n) is 4.15. The van der Waals surface area contributed by atoms with E-state index in [-0.39, 0.29) is 5.91 Å². The van der Waals surface area contributed by atoms with Crippen molar-refractivity contribution in [3.8, 4) is 9.88 Å². The van der Waals surface area contributed by atoms with Gasteiger partial charge in [-0.15, -0.1) is 22.7 Å². The lowest BCUT2D eigenvalue weighted by Gasteiger charge is -2.03. The molecule has 0 bridgehead atoms. The smallest absolute Gasteiger partial charge is 0.263 e. The van der Waals surface area contributed by atoms with Crippen molar-refractivity contribution in [1.82, 2.24) is 15.6 Å². The molecule has 2 rings (SSSR count). The largest absolute Gasteiger partial charge is 0.350 e. The lowest BCUT2D eigenvalue weighted by Crippen LogP contribution is -2.31. The summed E-state index contributed by atoms with van der Waals surface area (Å²) < 4.78 is 0.726. The van der Waals surface area contributed by atoms with Gasteiger partial charge in [0.1, 0.15) is 9.88 Å². The van der Waals surface area contributed by atoms with E-state index < -0.39 is 0 Å². The quantitative estimate of drug-likeness (QED) is 0.800. The molecule has 2 N–H and O–H groups in total. The Morgan fingerprint density at radius 3 is 2.80 bits per heavy atom. The second-order valence-corrected chi connectivity index (χ2v) is 6.86. The first-order chi connectivity index (χ1) is 9.61. The van der Waals surface area contributed by atoms with Crippen LogP contribution in [0.3, 0.4) is 0 Å². The van der Waals surface area contributed by atoms with Crippen LogP contribution in [0.25, 0.3) is 9.88 Å². The summed E-state index contributed by atoms with van der Waals surface area (Å²) in [4.78, 5) is 18.2. The van der Waals surface area contributed by atoms with Crippen LogP contribution in [0.15, 0.2) is 12.1 Å². The molecule has 1 amide bonds. The molecule has 0 aromatic carbocycles. The van der Waals surface area contributed by atoms with E-state index in [0.29, 0.717) is 11.4 Å². The van der Waals surface area contributed by atoms with Crippen molar-refractivity contribution in [2.24, 2.45) is 0 Å². The molecule has 2 heterocycles. The van der Waals surface area contributed by atoms with Crippen molar-refractivity contribution in [3.63, 3.8) is 0 Å². The lowest BCUT2D eigenvalue weighted by atomic mass is 10.3. The van der Waals surface area contributed by atoms with Crippen LogP contribution in [0.2, 0.25) is 4.34 Å². The lowest BCUT2D eigenvalue weighted by molar-refractivity contribution is 0.0957. The molecule has 0 aliphatic carbocycles. The standard InChI is InChI=1S/C13H16ClN3OS2/c1-3-15-6-7-16-12(18)11-8(2)17-13(20-11)9-4-5-10(14)19-9/h4-5,15H,3,6-7H2,1-2H3,(H,16,18). The maximum absolute atomic E-state index is 12.1. The van der Waals surface area contributed by atoms with Gasteiger partial charge in [-0.2, -0.15) is 0 Å². The number of halogens is 1. The number of amides is 1. The number of carbonyl (C=O) groups excluding carboxylic acids is 1. The van der Waals surface area contributed by atoms with Crippen LogP contribution in [0.5, 0.6) is 0 Å². The molecule has 108 valence electrons. The molecule has 0 radical (unpaired) electrons. The minimum Gasteiger partial charge on any atom is -0.350 e. The third-order valence-electron chi connectivity index (χ3n) is 2.62. The molecule has 0 spiro atoms. The SMILES string of the molecule is CCNCCNC(=O)c1sc(-c2ccc(Cl)s2)nc1C. The Labute approximate surface area is 131 Å². The number of thiazole rings is 1. The van der Waals surface area contributed by atoms with Crippen molar-refractivity contribution in [2.45, 2.75) is 13.8 Å². The van der Waals surface area contributed by atoms with Crippen LogP contribution in [-0.2, 0) is 0 Å². The summed E-state index contributed by atoms with van der Waals surface area (Å²) in [6, 6.07) is 3.77. The molecule has 0 aliphatic heterocycles. The van der Waals surface area contributed by atoms with E-state index >= 15 is 0 Å². The minimum atomic E-state index is -0.0631. The normalized spacial score (nSPS) is 10.8. The average Bonchev–Trinajstić information content (AvgIpc) is 3.00. The number of aromatic nitrogens is 1. The topological polar surface area (TPSA) is 54.0 Å². The van der Waals surface area contributed by atoms with Gasteiger partial charge >= 0.3 is 0 Å². The zero-order valence-electron chi connectivity index (χ0n) is 11.3. The number of hydrogen-bond acceptors (Lipinski definition) is 5. The maximum atomic E-state index is 12.1. The van der Waals surface area contributed by atoms with Gasteiger partial charge in [0.2, 0.25) is 0 Å². The van der Waals surface area contributed by atoms with Crippen LogP contribution in [0.1, 0.15) is 22.3 Å². The summed E-state index contributed by atoms with van der Waals surface area (Å²) in [5, 5.41) is 6.90. The van der Waals surface area contributed by atoms with Gasteiger partial charge in [-0.05, 0) is 25.6 Å². The minimum absolute atomic E-state index is 0.0631. The van der Waals surface area contributed by atoms with Crippen molar-refractivity contribution < 1.29 is 4.79 Å². The summed E-state index contributed by atoms with van der Waals surface area (Å²) in [6.07, 6.45) is 0. The van der Waals surface area contributed by atoms with E-state index in [2.05, 4.69) is 15.6 Å². The number of likely N-dealkylation sites (N-methyl/N-ethyl adjacent to an activating group) is 1. The number of aryl methyl sites for hydroxylation is 1. The van der Waals surface area contributed by atoms with E-state index in [0.717, 1.165) is 33.0 Å². The Kier molecular flexibility index (Phi) is 5.54. The van der Waals surface area contributed by atoms with Crippen LogP contribution in [-0.4, -0.2) is 30.5 Å². The first-order valence-corrected chi connectivity index (χ1v) is 8.35. The first-order valence-electron chi connectivity index (χ1n) is 6.34. The number of nitrogens with zero attached hydrogens (tertiary/aromatic N) is 1. The fourth-order valence-electron chi connectivity index (χ4n) is 1.66. The molecule has 0 aliphatic rings. The van der Waals surface area contributed by atoms with Gasteiger partial charge < -0.3 is 10.6 Å². The molecule has 2 aromatic heterocycles. The fourth-order valence-corrected chi connectivity index (χ4v) is 3.74. The molecule has 0 saturated heterocycles. The van der Waals surface area contributed by atoms with Gasteiger partial charge in [-0.1, -0.05) is 18.5 Å². The molecule has 0 atom stereocenters. The fraction of sp³-hybridized carbons (Fsp3) is 0.385. The van der Waals surface area contributed by atoms with E-state index in [1.807, 2.05) is 26.0 Å². The summed E-state index contributed by atoms with van der Waals surface area (Å²) in [5.74, 6) is -0.0631. The second kappa shape index (κ2) is 7.17. The highest BCUT2D eigenvalue weighted by molar-refractivity contribution is 7.24. The third kappa shape index (κ3) is 3.79. The average molecular weight is 330 g/mol. The number of rotatable bonds is 6. The Hall–Kier alpha value is -0.950.